The van der Waals surface area contributed by atoms with Gasteiger partial charge in [-0.15, -0.1) is 0 Å². The summed E-state index contributed by atoms with van der Waals surface area (Å²) in [5, 5.41) is 0. The van der Waals surface area contributed by atoms with Gasteiger partial charge in [-0.25, -0.2) is 0 Å². The highest BCUT2D eigenvalue weighted by Crippen LogP contribution is 2.26. The average Bonchev–Trinajstić information content (AvgIpc) is 2.64. The summed E-state index contributed by atoms with van der Waals surface area (Å²) in [5.41, 5.74) is 2.37. The van der Waals surface area contributed by atoms with Crippen LogP contribution in [0.15, 0.2) is 24.3 Å². The van der Waals surface area contributed by atoms with Crippen molar-refractivity contribution in [1.29, 1.82) is 0 Å². The molecular weight excluding hydrogens is 268 g/mol. The van der Waals surface area contributed by atoms with Gasteiger partial charge < -0.3 is 19.3 Å². The van der Waals surface area contributed by atoms with Crippen LogP contribution < -0.4 is 4.90 Å². The van der Waals surface area contributed by atoms with Gasteiger partial charge in [-0.05, 0) is 18.6 Å². The van der Waals surface area contributed by atoms with Crippen LogP contribution in [0.5, 0.6) is 0 Å². The monoisotopic (exact) mass is 290 g/mol. The van der Waals surface area contributed by atoms with Crippen molar-refractivity contribution in [2.45, 2.75) is 25.6 Å². The number of fused-ring (bicyclic) bond motifs is 1. The predicted molar refractivity (Wildman–Crippen MR) is 80.3 cm³/mol. The number of benzene rings is 1. The van der Waals surface area contributed by atoms with E-state index in [-0.39, 0.29) is 11.9 Å². The molecule has 114 valence electrons. The van der Waals surface area contributed by atoms with Crippen molar-refractivity contribution in [3.05, 3.63) is 29.8 Å². The van der Waals surface area contributed by atoms with Gasteiger partial charge in [0.05, 0.1) is 19.8 Å². The molecule has 5 nitrogen and oxygen atoms in total. The first-order valence-corrected chi connectivity index (χ1v) is 7.45. The maximum Gasteiger partial charge on any atom is 0.254 e. The molecule has 1 aromatic carbocycles. The molecule has 21 heavy (non-hydrogen) atoms. The van der Waals surface area contributed by atoms with Gasteiger partial charge in [0.1, 0.15) is 0 Å². The Bertz CT molecular complexity index is 514. The first kappa shape index (κ1) is 14.4. The number of carbonyl (C=O) groups is 1. The zero-order chi connectivity index (χ0) is 14.8. The fourth-order valence-electron chi connectivity index (χ4n) is 3.06. The molecule has 1 amide bonds. The molecule has 0 aliphatic carbocycles. The highest BCUT2D eigenvalue weighted by molar-refractivity contribution is 5.82. The van der Waals surface area contributed by atoms with Gasteiger partial charge in [0.15, 0.2) is 6.10 Å². The van der Waals surface area contributed by atoms with Crippen LogP contribution in [0.25, 0.3) is 0 Å². The summed E-state index contributed by atoms with van der Waals surface area (Å²) in [5.74, 6) is 0.0345. The molecule has 1 aromatic rings. The predicted octanol–water partition coefficient (Wildman–Crippen LogP) is 1.27. The topological polar surface area (TPSA) is 42.0 Å². The summed E-state index contributed by atoms with van der Waals surface area (Å²) < 4.78 is 10.9. The minimum Gasteiger partial charge on any atom is -0.376 e. The molecule has 0 unspecified atom stereocenters. The van der Waals surface area contributed by atoms with Crippen molar-refractivity contribution >= 4 is 11.6 Å². The minimum atomic E-state index is -0.461. The number of amides is 1. The number of likely N-dealkylation sites (N-methyl/N-ethyl adjacent to an activating group) is 1. The normalized spacial score (nSPS) is 26.2. The fraction of sp³-hybridized carbons (Fsp3) is 0.562. The van der Waals surface area contributed by atoms with E-state index in [9.17, 15) is 4.79 Å². The SMILES string of the molecule is C[C@@H]1CN(C)c2ccccc2CN1C(=O)[C@@H]1COCCO1. The van der Waals surface area contributed by atoms with Crippen molar-refractivity contribution < 1.29 is 14.3 Å². The van der Waals surface area contributed by atoms with E-state index in [0.717, 1.165) is 6.54 Å². The lowest BCUT2D eigenvalue weighted by Crippen LogP contribution is -2.49. The molecule has 1 saturated heterocycles. The Hall–Kier alpha value is -1.59. The Labute approximate surface area is 125 Å². The van der Waals surface area contributed by atoms with Crippen molar-refractivity contribution in [3.8, 4) is 0 Å². The van der Waals surface area contributed by atoms with E-state index in [0.29, 0.717) is 26.4 Å². The fourth-order valence-corrected chi connectivity index (χ4v) is 3.06. The summed E-state index contributed by atoms with van der Waals surface area (Å²) in [6, 6.07) is 8.39. The zero-order valence-electron chi connectivity index (χ0n) is 12.6. The number of hydrogen-bond acceptors (Lipinski definition) is 4. The van der Waals surface area contributed by atoms with E-state index in [1.165, 1.54) is 11.3 Å². The number of anilines is 1. The Kier molecular flexibility index (Phi) is 4.12. The second kappa shape index (κ2) is 6.03. The number of rotatable bonds is 1. The van der Waals surface area contributed by atoms with Crippen molar-refractivity contribution in [2.75, 3.05) is 38.3 Å². The number of nitrogens with zero attached hydrogens (tertiary/aromatic N) is 2. The Morgan fingerprint density at radius 1 is 1.29 bits per heavy atom. The third-order valence-corrected chi connectivity index (χ3v) is 4.19. The summed E-state index contributed by atoms with van der Waals surface area (Å²) in [4.78, 5) is 16.9. The highest BCUT2D eigenvalue weighted by Gasteiger charge is 2.33. The van der Waals surface area contributed by atoms with E-state index in [4.69, 9.17) is 9.47 Å². The van der Waals surface area contributed by atoms with Crippen LogP contribution in [0.4, 0.5) is 5.69 Å². The van der Waals surface area contributed by atoms with Gasteiger partial charge >= 0.3 is 0 Å². The lowest BCUT2D eigenvalue weighted by molar-refractivity contribution is -0.160. The molecule has 3 rings (SSSR count). The first-order valence-electron chi connectivity index (χ1n) is 7.45. The van der Waals surface area contributed by atoms with Gasteiger partial charge in [-0.3, -0.25) is 4.79 Å². The van der Waals surface area contributed by atoms with Gasteiger partial charge in [0.2, 0.25) is 0 Å². The molecule has 0 bridgehead atoms. The zero-order valence-corrected chi connectivity index (χ0v) is 12.6. The Morgan fingerprint density at radius 2 is 2.10 bits per heavy atom. The summed E-state index contributed by atoms with van der Waals surface area (Å²) in [6.45, 7) is 4.96. The van der Waals surface area contributed by atoms with Crippen molar-refractivity contribution in [3.63, 3.8) is 0 Å². The summed E-state index contributed by atoms with van der Waals surface area (Å²) in [6.07, 6.45) is -0.461. The molecule has 0 aromatic heterocycles. The van der Waals surface area contributed by atoms with Gasteiger partial charge in [-0.2, -0.15) is 0 Å². The molecule has 0 radical (unpaired) electrons. The molecule has 1 fully saturated rings. The van der Waals surface area contributed by atoms with Crippen molar-refractivity contribution in [1.82, 2.24) is 4.90 Å². The van der Waals surface area contributed by atoms with E-state index in [1.54, 1.807) is 0 Å². The van der Waals surface area contributed by atoms with E-state index >= 15 is 0 Å². The van der Waals surface area contributed by atoms with Crippen LogP contribution in [0.3, 0.4) is 0 Å². The number of ether oxygens (including phenoxy) is 2. The van der Waals surface area contributed by atoms with Crippen LogP contribution in [0.1, 0.15) is 12.5 Å². The highest BCUT2D eigenvalue weighted by atomic mass is 16.6. The van der Waals surface area contributed by atoms with Gasteiger partial charge in [-0.1, -0.05) is 18.2 Å². The van der Waals surface area contributed by atoms with Crippen LogP contribution in [0.2, 0.25) is 0 Å². The maximum atomic E-state index is 12.7. The summed E-state index contributed by atoms with van der Waals surface area (Å²) in [7, 11) is 2.07. The molecule has 2 aliphatic rings. The average molecular weight is 290 g/mol. The summed E-state index contributed by atoms with van der Waals surface area (Å²) >= 11 is 0. The van der Waals surface area contributed by atoms with Crippen LogP contribution in [0, 0.1) is 0 Å². The molecule has 0 N–H and O–H groups in total. The first-order chi connectivity index (χ1) is 10.2. The molecule has 5 heteroatoms. The number of hydrogen-bond donors (Lipinski definition) is 0. The third kappa shape index (κ3) is 2.89. The van der Waals surface area contributed by atoms with Crippen LogP contribution >= 0.6 is 0 Å². The number of para-hydroxylation sites is 1. The smallest absolute Gasteiger partial charge is 0.254 e. The standard InChI is InChI=1S/C16H22N2O3/c1-12-9-17(2)14-6-4-3-5-13(14)10-18(12)16(19)15-11-20-7-8-21-15/h3-6,12,15H,7-11H2,1-2H3/t12-,15+/m1/s1. The maximum absolute atomic E-state index is 12.7. The van der Waals surface area contributed by atoms with E-state index in [2.05, 4.69) is 31.0 Å². The molecule has 2 heterocycles. The molecule has 2 aliphatic heterocycles. The third-order valence-electron chi connectivity index (χ3n) is 4.19. The molecule has 0 saturated carbocycles. The second-order valence-electron chi connectivity index (χ2n) is 5.76. The second-order valence-corrected chi connectivity index (χ2v) is 5.76. The Morgan fingerprint density at radius 3 is 2.86 bits per heavy atom. The van der Waals surface area contributed by atoms with Crippen LogP contribution in [-0.4, -0.2) is 56.4 Å². The van der Waals surface area contributed by atoms with Gasteiger partial charge in [0.25, 0.3) is 5.91 Å². The minimum absolute atomic E-state index is 0.0345. The van der Waals surface area contributed by atoms with Crippen LogP contribution in [-0.2, 0) is 20.8 Å². The van der Waals surface area contributed by atoms with Crippen molar-refractivity contribution in [2.24, 2.45) is 0 Å². The van der Waals surface area contributed by atoms with E-state index in [1.807, 2.05) is 17.0 Å². The lowest BCUT2D eigenvalue weighted by atomic mass is 10.1. The molecule has 2 atom stereocenters. The lowest BCUT2D eigenvalue weighted by Gasteiger charge is -2.32. The molecular formula is C16H22N2O3. The quantitative estimate of drug-likeness (QED) is 0.781. The number of carbonyl (C=O) groups excluding carboxylic acids is 1. The largest absolute Gasteiger partial charge is 0.376 e. The molecule has 0 spiro atoms. The van der Waals surface area contributed by atoms with E-state index < -0.39 is 6.10 Å². The Balaban J connectivity index is 1.83. The van der Waals surface area contributed by atoms with Gasteiger partial charge in [0, 0.05) is 31.9 Å².